The van der Waals surface area contributed by atoms with Crippen LogP contribution in [0.3, 0.4) is 0 Å². The van der Waals surface area contributed by atoms with Gasteiger partial charge in [-0.25, -0.2) is 4.39 Å². The maximum absolute atomic E-state index is 13.3. The van der Waals surface area contributed by atoms with Crippen LogP contribution >= 0.6 is 24.0 Å². The third-order valence-electron chi connectivity index (χ3n) is 4.52. The Labute approximate surface area is 196 Å². The molecular formula is C22H28FIN4OS. The highest BCUT2D eigenvalue weighted by Crippen LogP contribution is 2.19. The number of nitrogens with one attached hydrogen (secondary N) is 3. The van der Waals surface area contributed by atoms with Crippen LogP contribution in [0.25, 0.3) is 10.9 Å². The number of hydrogen-bond acceptors (Lipinski definition) is 2. The smallest absolute Gasteiger partial charge is 0.191 e. The highest BCUT2D eigenvalue weighted by atomic mass is 127. The molecule has 8 heteroatoms. The molecule has 0 amide bonds. The van der Waals surface area contributed by atoms with Gasteiger partial charge in [-0.15, -0.1) is 24.0 Å². The molecule has 0 spiro atoms. The molecule has 0 aliphatic carbocycles. The van der Waals surface area contributed by atoms with Crippen LogP contribution in [0.15, 0.2) is 59.7 Å². The highest BCUT2D eigenvalue weighted by Gasteiger charge is 2.06. The van der Waals surface area contributed by atoms with Gasteiger partial charge in [0.1, 0.15) is 5.82 Å². The Morgan fingerprint density at radius 1 is 1.17 bits per heavy atom. The summed E-state index contributed by atoms with van der Waals surface area (Å²) in [6.45, 7) is 3.97. The number of hydrogen-bond donors (Lipinski definition) is 3. The van der Waals surface area contributed by atoms with Crippen molar-refractivity contribution in [1.82, 2.24) is 15.6 Å². The first-order valence-corrected chi connectivity index (χ1v) is 11.3. The van der Waals surface area contributed by atoms with Gasteiger partial charge in [-0.2, -0.15) is 0 Å². The van der Waals surface area contributed by atoms with Crippen molar-refractivity contribution in [3.63, 3.8) is 0 Å². The molecule has 0 radical (unpaired) electrons. The van der Waals surface area contributed by atoms with Crippen molar-refractivity contribution < 1.29 is 8.60 Å². The van der Waals surface area contributed by atoms with Gasteiger partial charge < -0.3 is 15.6 Å². The molecule has 3 aromatic rings. The van der Waals surface area contributed by atoms with Crippen molar-refractivity contribution in [3.8, 4) is 0 Å². The number of halogens is 2. The van der Waals surface area contributed by atoms with E-state index >= 15 is 0 Å². The third-order valence-corrected chi connectivity index (χ3v) is 5.81. The molecule has 1 aromatic heterocycles. The zero-order valence-electron chi connectivity index (χ0n) is 17.0. The van der Waals surface area contributed by atoms with Crippen molar-refractivity contribution >= 4 is 51.6 Å². The second-order valence-electron chi connectivity index (χ2n) is 6.72. The minimum atomic E-state index is -0.936. The number of H-pyrrole nitrogens is 1. The van der Waals surface area contributed by atoms with Gasteiger partial charge >= 0.3 is 0 Å². The Morgan fingerprint density at radius 3 is 2.73 bits per heavy atom. The molecule has 1 unspecified atom stereocenters. The number of benzene rings is 2. The molecule has 5 nitrogen and oxygen atoms in total. The molecule has 30 heavy (non-hydrogen) atoms. The van der Waals surface area contributed by atoms with Gasteiger partial charge in [-0.3, -0.25) is 9.20 Å². The fourth-order valence-electron chi connectivity index (χ4n) is 3.11. The Hall–Kier alpha value is -1.94. The number of rotatable bonds is 9. The second-order valence-corrected chi connectivity index (χ2v) is 8.29. The Kier molecular flexibility index (Phi) is 10.3. The number of nitrogens with zero attached hydrogens (tertiary/aromatic N) is 1. The van der Waals surface area contributed by atoms with E-state index in [0.717, 1.165) is 41.0 Å². The van der Waals surface area contributed by atoms with E-state index in [9.17, 15) is 8.60 Å². The van der Waals surface area contributed by atoms with E-state index in [1.165, 1.54) is 12.1 Å². The molecule has 0 aliphatic rings. The number of guanidine groups is 1. The molecule has 0 saturated carbocycles. The van der Waals surface area contributed by atoms with Crippen LogP contribution in [0.4, 0.5) is 4.39 Å². The topological polar surface area (TPSA) is 69.3 Å². The van der Waals surface area contributed by atoms with E-state index in [4.69, 9.17) is 0 Å². The van der Waals surface area contributed by atoms with E-state index in [2.05, 4.69) is 20.6 Å². The van der Waals surface area contributed by atoms with Gasteiger partial charge in [0.2, 0.25) is 0 Å². The number of aromatic nitrogens is 1. The van der Waals surface area contributed by atoms with Crippen LogP contribution in [0.5, 0.6) is 0 Å². The second kappa shape index (κ2) is 12.7. The predicted octanol–water partition coefficient (Wildman–Crippen LogP) is 3.97. The fraction of sp³-hybridized carbons (Fsp3) is 0.318. The predicted molar refractivity (Wildman–Crippen MR) is 135 cm³/mol. The number of aromatic amines is 1. The molecule has 3 N–H and O–H groups in total. The molecule has 2 aromatic carbocycles. The SMILES string of the molecule is CCNC(=NCCS(=O)Cc1ccccc1)NCCc1c[nH]c2cc(F)ccc12.I. The summed E-state index contributed by atoms with van der Waals surface area (Å²) in [5.74, 6) is 1.56. The lowest BCUT2D eigenvalue weighted by atomic mass is 10.1. The Bertz CT molecular complexity index is 978. The lowest BCUT2D eigenvalue weighted by Crippen LogP contribution is -2.38. The van der Waals surface area contributed by atoms with Crippen LogP contribution < -0.4 is 10.6 Å². The van der Waals surface area contributed by atoms with Gasteiger partial charge in [0.25, 0.3) is 0 Å². The van der Waals surface area contributed by atoms with E-state index in [1.807, 2.05) is 43.5 Å². The first-order valence-electron chi connectivity index (χ1n) is 9.82. The lowest BCUT2D eigenvalue weighted by Gasteiger charge is -2.11. The Morgan fingerprint density at radius 2 is 1.97 bits per heavy atom. The summed E-state index contributed by atoms with van der Waals surface area (Å²) in [4.78, 5) is 7.64. The van der Waals surface area contributed by atoms with Crippen molar-refractivity contribution in [1.29, 1.82) is 0 Å². The monoisotopic (exact) mass is 542 g/mol. The van der Waals surface area contributed by atoms with Crippen molar-refractivity contribution in [2.24, 2.45) is 4.99 Å². The van der Waals surface area contributed by atoms with Gasteiger partial charge in [0.15, 0.2) is 5.96 Å². The third kappa shape index (κ3) is 7.39. The molecular weight excluding hydrogens is 514 g/mol. The standard InChI is InChI=1S/C22H27FN4OS.HI/c1-2-24-22(26-12-13-29(28)16-17-6-4-3-5-7-17)25-11-10-18-15-27-21-14-19(23)8-9-20(18)21;/h3-9,14-15,27H,2,10-13,16H2,1H3,(H2,24,25,26);1H. The van der Waals surface area contributed by atoms with Crippen molar-refractivity contribution in [2.75, 3.05) is 25.4 Å². The van der Waals surface area contributed by atoms with E-state index < -0.39 is 10.8 Å². The fourth-order valence-corrected chi connectivity index (χ4v) is 4.12. The highest BCUT2D eigenvalue weighted by molar-refractivity contribution is 14.0. The van der Waals surface area contributed by atoms with E-state index in [-0.39, 0.29) is 29.8 Å². The minimum absolute atomic E-state index is 0. The lowest BCUT2D eigenvalue weighted by molar-refractivity contribution is 0.629. The van der Waals surface area contributed by atoms with Crippen molar-refractivity contribution in [3.05, 3.63) is 71.7 Å². The van der Waals surface area contributed by atoms with Crippen LogP contribution in [0, 0.1) is 5.82 Å². The zero-order chi connectivity index (χ0) is 20.5. The Balaban J connectivity index is 0.00000320. The maximum atomic E-state index is 13.3. The minimum Gasteiger partial charge on any atom is -0.361 e. The summed E-state index contributed by atoms with van der Waals surface area (Å²) in [5, 5.41) is 7.56. The summed E-state index contributed by atoms with van der Waals surface area (Å²) in [6.07, 6.45) is 2.71. The van der Waals surface area contributed by atoms with Crippen LogP contribution in [0.1, 0.15) is 18.1 Å². The van der Waals surface area contributed by atoms with Gasteiger partial charge in [0.05, 0.1) is 6.54 Å². The summed E-state index contributed by atoms with van der Waals surface area (Å²) in [7, 11) is -0.936. The maximum Gasteiger partial charge on any atom is 0.191 e. The molecule has 0 fully saturated rings. The van der Waals surface area contributed by atoms with Gasteiger partial charge in [-0.1, -0.05) is 30.3 Å². The first-order chi connectivity index (χ1) is 14.2. The quantitative estimate of drug-likeness (QED) is 0.218. The zero-order valence-corrected chi connectivity index (χ0v) is 20.1. The van der Waals surface area contributed by atoms with E-state index in [0.29, 0.717) is 24.6 Å². The number of fused-ring (bicyclic) bond motifs is 1. The van der Waals surface area contributed by atoms with E-state index in [1.54, 1.807) is 6.07 Å². The average molecular weight is 542 g/mol. The van der Waals surface area contributed by atoms with Gasteiger partial charge in [-0.05, 0) is 42.7 Å². The molecule has 1 heterocycles. The van der Waals surface area contributed by atoms with Gasteiger partial charge in [0, 0.05) is 52.5 Å². The normalized spacial score (nSPS) is 12.4. The summed E-state index contributed by atoms with van der Waals surface area (Å²) in [5.41, 5.74) is 3.02. The van der Waals surface area contributed by atoms with Crippen LogP contribution in [-0.4, -0.2) is 40.5 Å². The molecule has 0 bridgehead atoms. The summed E-state index contributed by atoms with van der Waals surface area (Å²) < 4.78 is 25.5. The molecule has 0 aliphatic heterocycles. The molecule has 162 valence electrons. The number of aliphatic imine (C=N–C) groups is 1. The van der Waals surface area contributed by atoms with Crippen LogP contribution in [-0.2, 0) is 23.0 Å². The molecule has 0 saturated heterocycles. The molecule has 3 rings (SSSR count). The first kappa shape index (κ1) is 24.3. The largest absolute Gasteiger partial charge is 0.361 e. The average Bonchev–Trinajstić information content (AvgIpc) is 3.10. The molecule has 1 atom stereocenters. The summed E-state index contributed by atoms with van der Waals surface area (Å²) in [6, 6.07) is 14.7. The van der Waals surface area contributed by atoms with Crippen molar-refractivity contribution in [2.45, 2.75) is 19.1 Å². The summed E-state index contributed by atoms with van der Waals surface area (Å²) >= 11 is 0. The van der Waals surface area contributed by atoms with Crippen LogP contribution in [0.2, 0.25) is 0 Å².